The van der Waals surface area contributed by atoms with Gasteiger partial charge < -0.3 is 9.88 Å². The molecule has 0 spiro atoms. The summed E-state index contributed by atoms with van der Waals surface area (Å²) >= 11 is 1.12. The lowest BCUT2D eigenvalue weighted by Crippen LogP contribution is -2.25. The molecule has 2 aromatic rings. The van der Waals surface area contributed by atoms with Crippen LogP contribution in [0.4, 0.5) is 10.5 Å². The summed E-state index contributed by atoms with van der Waals surface area (Å²) in [6, 6.07) is 2.14. The molecule has 0 unspecified atom stereocenters. The van der Waals surface area contributed by atoms with Crippen LogP contribution in [0.3, 0.4) is 0 Å². The lowest BCUT2D eigenvalue weighted by molar-refractivity contribution is 0.257. The van der Waals surface area contributed by atoms with Gasteiger partial charge in [0, 0.05) is 29.9 Å². The molecule has 0 atom stereocenters. The second-order valence-corrected chi connectivity index (χ2v) is 8.28. The zero-order valence-electron chi connectivity index (χ0n) is 15.7. The molecule has 2 amide bonds. The molecule has 0 saturated carbocycles. The number of rotatable bonds is 4. The predicted molar refractivity (Wildman–Crippen MR) is 107 cm³/mol. The number of nitrogens with zero attached hydrogens (tertiary/aromatic N) is 2. The maximum atomic E-state index is 12.5. The molecular weight excluding hydrogens is 360 g/mol. The highest BCUT2D eigenvalue weighted by molar-refractivity contribution is 7.97. The van der Waals surface area contributed by atoms with Gasteiger partial charge in [-0.25, -0.2) is 9.78 Å². The lowest BCUT2D eigenvalue weighted by atomic mass is 9.99. The number of benzene rings is 1. The number of carbonyl (C=O) groups is 1. The van der Waals surface area contributed by atoms with E-state index in [-0.39, 0.29) is 17.6 Å². The van der Waals surface area contributed by atoms with E-state index < -0.39 is 0 Å². The van der Waals surface area contributed by atoms with Gasteiger partial charge in [0.25, 0.3) is 5.56 Å². The molecule has 27 heavy (non-hydrogen) atoms. The summed E-state index contributed by atoms with van der Waals surface area (Å²) in [5, 5.41) is 3.68. The van der Waals surface area contributed by atoms with E-state index in [2.05, 4.69) is 21.1 Å². The molecule has 4 rings (SSSR count). The minimum Gasteiger partial charge on any atom is -0.309 e. The topological polar surface area (TPSA) is 76.0 Å². The number of hydrogen-bond acceptors (Lipinski definition) is 4. The van der Waals surface area contributed by atoms with Gasteiger partial charge in [-0.15, -0.1) is 0 Å². The van der Waals surface area contributed by atoms with Crippen LogP contribution in [0.25, 0.3) is 0 Å². The van der Waals surface area contributed by atoms with Crippen molar-refractivity contribution >= 4 is 23.7 Å². The van der Waals surface area contributed by atoms with Gasteiger partial charge in [0.15, 0.2) is 0 Å². The van der Waals surface area contributed by atoms with Gasteiger partial charge in [-0.2, -0.15) is 0 Å². The van der Waals surface area contributed by atoms with Crippen molar-refractivity contribution in [2.75, 3.05) is 5.32 Å². The summed E-state index contributed by atoms with van der Waals surface area (Å²) in [4.78, 5) is 28.4. The molecule has 142 valence electrons. The van der Waals surface area contributed by atoms with E-state index in [0.717, 1.165) is 56.2 Å². The average Bonchev–Trinajstić information content (AvgIpc) is 3.29. The van der Waals surface area contributed by atoms with Gasteiger partial charge in [-0.1, -0.05) is 6.07 Å². The predicted octanol–water partition coefficient (Wildman–Crippen LogP) is 3.63. The van der Waals surface area contributed by atoms with Crippen molar-refractivity contribution in [1.29, 1.82) is 0 Å². The highest BCUT2D eigenvalue weighted by Crippen LogP contribution is 2.38. The van der Waals surface area contributed by atoms with Gasteiger partial charge in [-0.3, -0.25) is 9.52 Å². The molecule has 0 saturated heterocycles. The molecule has 0 fully saturated rings. The minimum atomic E-state index is -0.251. The molecule has 6 nitrogen and oxygen atoms in total. The van der Waals surface area contributed by atoms with E-state index in [9.17, 15) is 9.59 Å². The standard InChI is InChI=1S/C20H24N4O2S/c1-12(2)24-11-17(21-10-18(24)25)27-23-20(26)22-19-15-7-3-5-13(15)9-14-6-4-8-16(14)19/h9-12H,3-8H2,1-2H3,(H2,22,23,26). The Morgan fingerprint density at radius 2 is 1.81 bits per heavy atom. The maximum Gasteiger partial charge on any atom is 0.329 e. The Bertz CT molecular complexity index is 919. The molecule has 1 aromatic heterocycles. The third-order valence-electron chi connectivity index (χ3n) is 5.32. The SMILES string of the molecule is CC(C)n1cc(SNC(=O)Nc2c3c(cc4c2CCC4)CCC3)ncc1=O. The monoisotopic (exact) mass is 384 g/mol. The molecule has 7 heteroatoms. The van der Waals surface area contributed by atoms with Crippen LogP contribution in [-0.4, -0.2) is 15.6 Å². The van der Waals surface area contributed by atoms with Crippen LogP contribution >= 0.6 is 11.9 Å². The first-order chi connectivity index (χ1) is 13.0. The van der Waals surface area contributed by atoms with Crippen LogP contribution in [0.2, 0.25) is 0 Å². The summed E-state index contributed by atoms with van der Waals surface area (Å²) in [5.74, 6) is 0. The van der Waals surface area contributed by atoms with Crippen molar-refractivity contribution < 1.29 is 4.79 Å². The third-order valence-corrected chi connectivity index (χ3v) is 6.03. The number of fused-ring (bicyclic) bond motifs is 2. The Balaban J connectivity index is 1.48. The minimum absolute atomic E-state index is 0.0446. The lowest BCUT2D eigenvalue weighted by Gasteiger charge is -2.16. The van der Waals surface area contributed by atoms with Crippen molar-refractivity contribution in [3.63, 3.8) is 0 Å². The van der Waals surface area contributed by atoms with Crippen LogP contribution in [0.15, 0.2) is 28.3 Å². The molecular formula is C20H24N4O2S. The molecule has 0 bridgehead atoms. The van der Waals surface area contributed by atoms with Crippen molar-refractivity contribution in [3.8, 4) is 0 Å². The molecule has 1 heterocycles. The van der Waals surface area contributed by atoms with E-state index in [1.165, 1.54) is 28.5 Å². The Morgan fingerprint density at radius 3 is 2.44 bits per heavy atom. The van der Waals surface area contributed by atoms with Crippen LogP contribution in [-0.2, 0) is 25.7 Å². The zero-order valence-corrected chi connectivity index (χ0v) is 16.5. The molecule has 2 aliphatic carbocycles. The quantitative estimate of drug-likeness (QED) is 0.789. The highest BCUT2D eigenvalue weighted by atomic mass is 32.2. The number of carbonyl (C=O) groups excluding carboxylic acids is 1. The normalized spacial score (nSPS) is 14.9. The van der Waals surface area contributed by atoms with Gasteiger partial charge >= 0.3 is 6.03 Å². The van der Waals surface area contributed by atoms with Crippen LogP contribution in [0.1, 0.15) is 55.0 Å². The summed E-state index contributed by atoms with van der Waals surface area (Å²) in [6.45, 7) is 3.87. The second kappa shape index (κ2) is 7.38. The number of urea groups is 1. The zero-order chi connectivity index (χ0) is 19.0. The van der Waals surface area contributed by atoms with Crippen LogP contribution in [0, 0.1) is 0 Å². The largest absolute Gasteiger partial charge is 0.329 e. The van der Waals surface area contributed by atoms with Crippen molar-refractivity contribution in [2.24, 2.45) is 0 Å². The Kier molecular flexibility index (Phi) is 4.95. The molecule has 1 aromatic carbocycles. The Hall–Kier alpha value is -2.28. The molecule has 2 N–H and O–H groups in total. The van der Waals surface area contributed by atoms with Gasteiger partial charge in [0.05, 0.1) is 6.20 Å². The third kappa shape index (κ3) is 3.60. The number of aryl methyl sites for hydroxylation is 2. The maximum absolute atomic E-state index is 12.5. The van der Waals surface area contributed by atoms with Crippen molar-refractivity contribution in [2.45, 2.75) is 63.4 Å². The molecule has 0 aliphatic heterocycles. The summed E-state index contributed by atoms with van der Waals surface area (Å²) in [7, 11) is 0. The first-order valence-electron chi connectivity index (χ1n) is 9.51. The second-order valence-electron chi connectivity index (χ2n) is 7.46. The molecule has 2 aliphatic rings. The van der Waals surface area contributed by atoms with E-state index >= 15 is 0 Å². The van der Waals surface area contributed by atoms with Crippen LogP contribution < -0.4 is 15.6 Å². The smallest absolute Gasteiger partial charge is 0.309 e. The number of amides is 2. The van der Waals surface area contributed by atoms with E-state index in [1.807, 2.05) is 13.8 Å². The fourth-order valence-corrected chi connectivity index (χ4v) is 4.58. The average molecular weight is 385 g/mol. The summed E-state index contributed by atoms with van der Waals surface area (Å²) in [6.07, 6.45) is 9.56. The molecule has 0 radical (unpaired) electrons. The van der Waals surface area contributed by atoms with Crippen LogP contribution in [0.5, 0.6) is 0 Å². The first-order valence-corrected chi connectivity index (χ1v) is 10.3. The fraction of sp³-hybridized carbons (Fsp3) is 0.450. The number of hydrogen-bond donors (Lipinski definition) is 2. The Morgan fingerprint density at radius 1 is 1.15 bits per heavy atom. The van der Waals surface area contributed by atoms with Crippen molar-refractivity contribution in [1.82, 2.24) is 14.3 Å². The van der Waals surface area contributed by atoms with E-state index in [4.69, 9.17) is 0 Å². The van der Waals surface area contributed by atoms with E-state index in [0.29, 0.717) is 5.03 Å². The number of aromatic nitrogens is 2. The van der Waals surface area contributed by atoms with Gasteiger partial charge in [0.2, 0.25) is 0 Å². The summed E-state index contributed by atoms with van der Waals surface area (Å²) in [5.41, 5.74) is 6.28. The fourth-order valence-electron chi connectivity index (χ4n) is 4.06. The van der Waals surface area contributed by atoms with Gasteiger partial charge in [-0.05, 0) is 74.6 Å². The number of anilines is 1. The first kappa shape index (κ1) is 18.1. The number of nitrogens with one attached hydrogen (secondary N) is 2. The van der Waals surface area contributed by atoms with Crippen molar-refractivity contribution in [3.05, 3.63) is 51.1 Å². The highest BCUT2D eigenvalue weighted by Gasteiger charge is 2.25. The van der Waals surface area contributed by atoms with E-state index in [1.54, 1.807) is 10.8 Å². The van der Waals surface area contributed by atoms with Gasteiger partial charge in [0.1, 0.15) is 5.03 Å². The Labute approximate surface area is 162 Å². The summed E-state index contributed by atoms with van der Waals surface area (Å²) < 4.78 is 4.41.